The van der Waals surface area contributed by atoms with Crippen LogP contribution in [0.25, 0.3) is 6.08 Å². The Morgan fingerprint density at radius 3 is 2.80 bits per heavy atom. The van der Waals surface area contributed by atoms with E-state index < -0.39 is 0 Å². The van der Waals surface area contributed by atoms with Crippen molar-refractivity contribution in [1.82, 2.24) is 0 Å². The molecule has 130 valence electrons. The fourth-order valence-corrected chi connectivity index (χ4v) is 2.62. The lowest BCUT2D eigenvalue weighted by Gasteiger charge is -2.20. The molecule has 1 heterocycles. The van der Waals surface area contributed by atoms with Crippen LogP contribution in [0.1, 0.15) is 16.7 Å². The van der Waals surface area contributed by atoms with Crippen molar-refractivity contribution in [1.29, 1.82) is 0 Å². The van der Waals surface area contributed by atoms with Crippen LogP contribution in [0.2, 0.25) is 0 Å². The topological polar surface area (TPSA) is 56.8 Å². The van der Waals surface area contributed by atoms with Crippen LogP contribution >= 0.6 is 0 Å². The summed E-state index contributed by atoms with van der Waals surface area (Å²) in [5.74, 6) is 1.63. The van der Waals surface area contributed by atoms with Crippen molar-refractivity contribution in [3.63, 3.8) is 0 Å². The lowest BCUT2D eigenvalue weighted by atomic mass is 10.1. The Labute approximate surface area is 147 Å². The largest absolute Gasteiger partial charge is 0.493 e. The molecule has 0 aliphatic carbocycles. The van der Waals surface area contributed by atoms with Gasteiger partial charge in [0.15, 0.2) is 11.5 Å². The summed E-state index contributed by atoms with van der Waals surface area (Å²) in [7, 11) is 1.58. The molecule has 0 unspecified atom stereocenters. The van der Waals surface area contributed by atoms with Crippen LogP contribution in [-0.2, 0) is 4.79 Å². The van der Waals surface area contributed by atoms with Gasteiger partial charge in [-0.15, -0.1) is 0 Å². The number of rotatable bonds is 4. The number of ether oxygens (including phenoxy) is 3. The quantitative estimate of drug-likeness (QED) is 0.862. The van der Waals surface area contributed by atoms with Crippen LogP contribution in [0.3, 0.4) is 0 Å². The summed E-state index contributed by atoms with van der Waals surface area (Å²) in [4.78, 5) is 12.2. The van der Waals surface area contributed by atoms with Gasteiger partial charge < -0.3 is 19.5 Å². The van der Waals surface area contributed by atoms with Gasteiger partial charge in [0.25, 0.3) is 0 Å². The molecule has 1 N–H and O–H groups in total. The predicted molar refractivity (Wildman–Crippen MR) is 97.6 cm³/mol. The van der Waals surface area contributed by atoms with Crippen molar-refractivity contribution in [2.45, 2.75) is 13.8 Å². The number of aryl methyl sites for hydroxylation is 1. The first-order valence-electron chi connectivity index (χ1n) is 8.11. The lowest BCUT2D eigenvalue weighted by molar-refractivity contribution is -0.111. The average Bonchev–Trinajstić information content (AvgIpc) is 2.63. The van der Waals surface area contributed by atoms with Crippen LogP contribution in [-0.4, -0.2) is 26.2 Å². The van der Waals surface area contributed by atoms with E-state index in [-0.39, 0.29) is 5.91 Å². The number of carbonyl (C=O) groups excluding carboxylic acids is 1. The van der Waals surface area contributed by atoms with Crippen LogP contribution in [0.5, 0.6) is 17.2 Å². The summed E-state index contributed by atoms with van der Waals surface area (Å²) >= 11 is 0. The van der Waals surface area contributed by atoms with E-state index in [1.165, 1.54) is 6.08 Å². The number of nitrogens with one attached hydrogen (secondary N) is 1. The molecule has 0 saturated heterocycles. The first-order valence-corrected chi connectivity index (χ1v) is 8.11. The van der Waals surface area contributed by atoms with E-state index in [4.69, 9.17) is 14.2 Å². The molecule has 25 heavy (non-hydrogen) atoms. The summed E-state index contributed by atoms with van der Waals surface area (Å²) in [6.07, 6.45) is 3.22. The van der Waals surface area contributed by atoms with Crippen LogP contribution in [0.15, 0.2) is 36.4 Å². The standard InChI is InChI=1S/C20H21NO4/c1-13-5-4-6-16(14(13)2)21-19(22)8-7-15-11-17(23-3)20-18(12-15)24-9-10-25-20/h4-8,11-12H,9-10H2,1-3H3,(H,21,22)/b8-7+. The minimum atomic E-state index is -0.192. The molecular formula is C20H21NO4. The molecule has 5 heteroatoms. The minimum absolute atomic E-state index is 0.192. The Bertz CT molecular complexity index is 809. The molecule has 0 saturated carbocycles. The van der Waals surface area contributed by atoms with Gasteiger partial charge in [-0.25, -0.2) is 0 Å². The summed E-state index contributed by atoms with van der Waals surface area (Å²) < 4.78 is 16.5. The van der Waals surface area contributed by atoms with Crippen LogP contribution < -0.4 is 19.5 Å². The zero-order valence-electron chi connectivity index (χ0n) is 14.6. The zero-order valence-corrected chi connectivity index (χ0v) is 14.6. The van der Waals surface area contributed by atoms with Crippen molar-refractivity contribution in [3.05, 3.63) is 53.1 Å². The number of hydrogen-bond donors (Lipinski definition) is 1. The molecule has 0 aromatic heterocycles. The minimum Gasteiger partial charge on any atom is -0.493 e. The summed E-state index contributed by atoms with van der Waals surface area (Å²) in [5.41, 5.74) is 3.82. The number of methoxy groups -OCH3 is 1. The van der Waals surface area contributed by atoms with E-state index in [1.54, 1.807) is 13.2 Å². The molecule has 0 spiro atoms. The highest BCUT2D eigenvalue weighted by molar-refractivity contribution is 6.02. The monoisotopic (exact) mass is 339 g/mol. The van der Waals surface area contributed by atoms with Crippen molar-refractivity contribution in [2.24, 2.45) is 0 Å². The highest BCUT2D eigenvalue weighted by Crippen LogP contribution is 2.40. The Hall–Kier alpha value is -2.95. The number of benzene rings is 2. The third-order valence-corrected chi connectivity index (χ3v) is 4.14. The van der Waals surface area contributed by atoms with E-state index in [1.807, 2.05) is 44.2 Å². The fourth-order valence-electron chi connectivity index (χ4n) is 2.62. The van der Waals surface area contributed by atoms with Crippen LogP contribution in [0.4, 0.5) is 5.69 Å². The van der Waals surface area contributed by atoms with Gasteiger partial charge in [0.2, 0.25) is 11.7 Å². The molecule has 2 aromatic carbocycles. The Morgan fingerprint density at radius 2 is 2.00 bits per heavy atom. The second-order valence-electron chi connectivity index (χ2n) is 5.82. The van der Waals surface area contributed by atoms with E-state index in [9.17, 15) is 4.79 Å². The normalized spacial score (nSPS) is 12.9. The molecule has 1 aliphatic heterocycles. The highest BCUT2D eigenvalue weighted by atomic mass is 16.6. The Morgan fingerprint density at radius 1 is 1.20 bits per heavy atom. The molecule has 1 amide bonds. The second-order valence-corrected chi connectivity index (χ2v) is 5.82. The van der Waals surface area contributed by atoms with Gasteiger partial charge in [0.05, 0.1) is 7.11 Å². The predicted octanol–water partition coefficient (Wildman–Crippen LogP) is 3.74. The maximum absolute atomic E-state index is 12.2. The average molecular weight is 339 g/mol. The van der Waals surface area contributed by atoms with Gasteiger partial charge in [-0.05, 0) is 54.8 Å². The summed E-state index contributed by atoms with van der Waals surface area (Å²) in [6, 6.07) is 9.48. The van der Waals surface area contributed by atoms with Crippen molar-refractivity contribution in [3.8, 4) is 17.2 Å². The smallest absolute Gasteiger partial charge is 0.248 e. The number of fused-ring (bicyclic) bond motifs is 1. The fraction of sp³-hybridized carbons (Fsp3) is 0.250. The highest BCUT2D eigenvalue weighted by Gasteiger charge is 2.17. The molecule has 1 aliphatic rings. The molecule has 2 aromatic rings. The van der Waals surface area contributed by atoms with Gasteiger partial charge in [0, 0.05) is 11.8 Å². The first kappa shape index (κ1) is 16.9. The number of carbonyl (C=O) groups is 1. The van der Waals surface area contributed by atoms with Gasteiger partial charge in [-0.3, -0.25) is 4.79 Å². The first-order chi connectivity index (χ1) is 12.1. The zero-order chi connectivity index (χ0) is 17.8. The molecule has 0 radical (unpaired) electrons. The number of anilines is 1. The molecule has 0 atom stereocenters. The molecule has 0 bridgehead atoms. The van der Waals surface area contributed by atoms with Gasteiger partial charge in [-0.1, -0.05) is 12.1 Å². The third kappa shape index (κ3) is 3.76. The SMILES string of the molecule is COc1cc(/C=C/C(=O)Nc2cccc(C)c2C)cc2c1OCCO2. The maximum Gasteiger partial charge on any atom is 0.248 e. The van der Waals surface area contributed by atoms with Crippen molar-refractivity contribution in [2.75, 3.05) is 25.6 Å². The Balaban J connectivity index is 1.77. The second kappa shape index (κ2) is 7.30. The van der Waals surface area contributed by atoms with E-state index in [0.717, 1.165) is 22.4 Å². The van der Waals surface area contributed by atoms with Gasteiger partial charge in [0.1, 0.15) is 13.2 Å². The van der Waals surface area contributed by atoms with Gasteiger partial charge >= 0.3 is 0 Å². The number of hydrogen-bond acceptors (Lipinski definition) is 4. The van der Waals surface area contributed by atoms with Crippen molar-refractivity contribution >= 4 is 17.7 Å². The maximum atomic E-state index is 12.2. The van der Waals surface area contributed by atoms with Gasteiger partial charge in [-0.2, -0.15) is 0 Å². The molecule has 3 rings (SSSR count). The molecule has 5 nitrogen and oxygen atoms in total. The summed E-state index contributed by atoms with van der Waals surface area (Å²) in [6.45, 7) is 5.00. The van der Waals surface area contributed by atoms with E-state index in [2.05, 4.69) is 5.32 Å². The molecule has 0 fully saturated rings. The molecular weight excluding hydrogens is 318 g/mol. The Kier molecular flexibility index (Phi) is 4.93. The summed E-state index contributed by atoms with van der Waals surface area (Å²) in [5, 5.41) is 2.90. The lowest BCUT2D eigenvalue weighted by Crippen LogP contribution is -2.16. The van der Waals surface area contributed by atoms with Crippen LogP contribution in [0, 0.1) is 13.8 Å². The number of amides is 1. The van der Waals surface area contributed by atoms with E-state index in [0.29, 0.717) is 30.5 Å². The third-order valence-electron chi connectivity index (χ3n) is 4.14. The van der Waals surface area contributed by atoms with Crippen molar-refractivity contribution < 1.29 is 19.0 Å². The van der Waals surface area contributed by atoms with E-state index >= 15 is 0 Å².